The zero-order valence-electron chi connectivity index (χ0n) is 16.0. The molecule has 0 unspecified atom stereocenters. The van der Waals surface area contributed by atoms with Crippen molar-refractivity contribution in [3.8, 4) is 0 Å². The lowest BCUT2D eigenvalue weighted by molar-refractivity contribution is -0.146. The molecular weight excluding hydrogens is 322 g/mol. The highest BCUT2D eigenvalue weighted by atomic mass is 16.5. The van der Waals surface area contributed by atoms with E-state index in [1.54, 1.807) is 6.08 Å². The van der Waals surface area contributed by atoms with Crippen LogP contribution in [0.2, 0.25) is 0 Å². The van der Waals surface area contributed by atoms with Crippen LogP contribution in [-0.2, 0) is 9.53 Å². The van der Waals surface area contributed by atoms with E-state index in [-0.39, 0.29) is 18.1 Å². The minimum absolute atomic E-state index is 0.0954. The Morgan fingerprint density at radius 3 is 2.31 bits per heavy atom. The average molecular weight is 351 g/mol. The number of esters is 1. The Hall–Kier alpha value is -2.39. The maximum Gasteiger partial charge on any atom is 0.331 e. The number of carbonyl (C=O) groups is 1. The SMILES string of the molecule is CCCCN(C)[C@@H](C)[C@H](OC(=O)/C=C/c1ccccc1)c1ccccc1. The topological polar surface area (TPSA) is 29.5 Å². The van der Waals surface area contributed by atoms with Crippen molar-refractivity contribution >= 4 is 12.0 Å². The standard InChI is InChI=1S/C23H29NO2/c1-4-5-18-24(3)19(2)23(21-14-10-7-11-15-21)26-22(25)17-16-20-12-8-6-9-13-20/h6-17,19,23H,4-5,18H2,1-3H3/b17-16+/t19-,23-/m0/s1. The van der Waals surface area contributed by atoms with E-state index in [1.165, 1.54) is 6.08 Å². The number of likely N-dealkylation sites (N-methyl/N-ethyl adjacent to an activating group) is 1. The smallest absolute Gasteiger partial charge is 0.331 e. The van der Waals surface area contributed by atoms with Gasteiger partial charge in [-0.3, -0.25) is 4.90 Å². The molecule has 0 saturated carbocycles. The Kier molecular flexibility index (Phi) is 8.10. The molecule has 0 aliphatic heterocycles. The highest BCUT2D eigenvalue weighted by molar-refractivity contribution is 5.87. The summed E-state index contributed by atoms with van der Waals surface area (Å²) in [5.41, 5.74) is 2.00. The molecule has 0 amide bonds. The molecule has 0 aliphatic carbocycles. The van der Waals surface area contributed by atoms with Crippen molar-refractivity contribution < 1.29 is 9.53 Å². The third-order valence-electron chi connectivity index (χ3n) is 4.58. The third kappa shape index (κ3) is 6.16. The predicted molar refractivity (Wildman–Crippen MR) is 108 cm³/mol. The maximum atomic E-state index is 12.4. The second-order valence-electron chi connectivity index (χ2n) is 6.59. The van der Waals surface area contributed by atoms with Gasteiger partial charge in [0.25, 0.3) is 0 Å². The number of hydrogen-bond acceptors (Lipinski definition) is 3. The van der Waals surface area contributed by atoms with Crippen molar-refractivity contribution in [2.75, 3.05) is 13.6 Å². The molecule has 0 radical (unpaired) electrons. The van der Waals surface area contributed by atoms with Crippen LogP contribution in [0.25, 0.3) is 6.08 Å². The first-order chi connectivity index (χ1) is 12.6. The fraction of sp³-hybridized carbons (Fsp3) is 0.348. The first-order valence-electron chi connectivity index (χ1n) is 9.30. The van der Waals surface area contributed by atoms with E-state index in [4.69, 9.17) is 4.74 Å². The van der Waals surface area contributed by atoms with Gasteiger partial charge in [-0.05, 0) is 44.1 Å². The summed E-state index contributed by atoms with van der Waals surface area (Å²) in [6.07, 6.45) is 5.27. The summed E-state index contributed by atoms with van der Waals surface area (Å²) in [6.45, 7) is 5.28. The normalized spacial score (nSPS) is 13.7. The minimum Gasteiger partial charge on any atom is -0.453 e. The Morgan fingerprint density at radius 1 is 1.08 bits per heavy atom. The molecule has 0 aromatic heterocycles. The summed E-state index contributed by atoms with van der Waals surface area (Å²) in [7, 11) is 2.09. The molecule has 0 heterocycles. The molecule has 138 valence electrons. The molecule has 0 saturated heterocycles. The van der Waals surface area contributed by atoms with E-state index < -0.39 is 0 Å². The van der Waals surface area contributed by atoms with Crippen LogP contribution in [0.15, 0.2) is 66.7 Å². The van der Waals surface area contributed by atoms with Gasteiger partial charge in [0.15, 0.2) is 0 Å². The Morgan fingerprint density at radius 2 is 1.69 bits per heavy atom. The van der Waals surface area contributed by atoms with E-state index in [2.05, 4.69) is 25.8 Å². The number of nitrogens with zero attached hydrogens (tertiary/aromatic N) is 1. The lowest BCUT2D eigenvalue weighted by Crippen LogP contribution is -2.37. The molecule has 26 heavy (non-hydrogen) atoms. The molecule has 0 fully saturated rings. The molecule has 0 bridgehead atoms. The summed E-state index contributed by atoms with van der Waals surface area (Å²) >= 11 is 0. The molecule has 0 aliphatic rings. The number of benzene rings is 2. The highest BCUT2D eigenvalue weighted by Crippen LogP contribution is 2.25. The van der Waals surface area contributed by atoms with E-state index in [9.17, 15) is 4.79 Å². The third-order valence-corrected chi connectivity index (χ3v) is 4.58. The predicted octanol–water partition coefficient (Wildman–Crippen LogP) is 5.10. The zero-order chi connectivity index (χ0) is 18.8. The van der Waals surface area contributed by atoms with Gasteiger partial charge in [-0.25, -0.2) is 4.79 Å². The maximum absolute atomic E-state index is 12.4. The van der Waals surface area contributed by atoms with Crippen LogP contribution < -0.4 is 0 Å². The fourth-order valence-corrected chi connectivity index (χ4v) is 2.82. The quantitative estimate of drug-likeness (QED) is 0.465. The number of carbonyl (C=O) groups excluding carboxylic acids is 1. The molecule has 0 spiro atoms. The van der Waals surface area contributed by atoms with Crippen molar-refractivity contribution in [3.63, 3.8) is 0 Å². The molecule has 2 aromatic carbocycles. The second-order valence-corrected chi connectivity index (χ2v) is 6.59. The van der Waals surface area contributed by atoms with Gasteiger partial charge < -0.3 is 4.74 Å². The van der Waals surface area contributed by atoms with Gasteiger partial charge in [-0.15, -0.1) is 0 Å². The molecule has 2 aromatic rings. The van der Waals surface area contributed by atoms with Gasteiger partial charge in [0, 0.05) is 12.1 Å². The van der Waals surface area contributed by atoms with E-state index in [1.807, 2.05) is 60.7 Å². The van der Waals surface area contributed by atoms with Gasteiger partial charge >= 0.3 is 5.97 Å². The molecule has 3 nitrogen and oxygen atoms in total. The average Bonchev–Trinajstić information content (AvgIpc) is 2.69. The van der Waals surface area contributed by atoms with Gasteiger partial charge in [0.2, 0.25) is 0 Å². The number of hydrogen-bond donors (Lipinski definition) is 0. The van der Waals surface area contributed by atoms with Crippen molar-refractivity contribution in [1.29, 1.82) is 0 Å². The molecule has 0 N–H and O–H groups in total. The van der Waals surface area contributed by atoms with Gasteiger partial charge in [-0.2, -0.15) is 0 Å². The number of ether oxygens (including phenoxy) is 1. The molecule has 3 heteroatoms. The van der Waals surface area contributed by atoms with Gasteiger partial charge in [-0.1, -0.05) is 74.0 Å². The van der Waals surface area contributed by atoms with E-state index in [0.29, 0.717) is 0 Å². The van der Waals surface area contributed by atoms with Crippen LogP contribution in [0, 0.1) is 0 Å². The summed E-state index contributed by atoms with van der Waals surface area (Å²) in [6, 6.07) is 19.8. The number of rotatable bonds is 9. The summed E-state index contributed by atoms with van der Waals surface area (Å²) in [5.74, 6) is -0.321. The number of unbranched alkanes of at least 4 members (excludes halogenated alkanes) is 1. The zero-order valence-corrected chi connectivity index (χ0v) is 16.0. The van der Waals surface area contributed by atoms with Crippen LogP contribution in [-0.4, -0.2) is 30.5 Å². The summed E-state index contributed by atoms with van der Waals surface area (Å²) in [4.78, 5) is 14.7. The summed E-state index contributed by atoms with van der Waals surface area (Å²) in [5, 5.41) is 0. The van der Waals surface area contributed by atoms with E-state index >= 15 is 0 Å². The van der Waals surface area contributed by atoms with Crippen molar-refractivity contribution in [3.05, 3.63) is 77.9 Å². The van der Waals surface area contributed by atoms with Crippen LogP contribution in [0.5, 0.6) is 0 Å². The van der Waals surface area contributed by atoms with Crippen LogP contribution in [0.1, 0.15) is 43.9 Å². The second kappa shape index (κ2) is 10.6. The Bertz CT molecular complexity index is 682. The lowest BCUT2D eigenvalue weighted by atomic mass is 10.0. The van der Waals surface area contributed by atoms with Gasteiger partial charge in [0.05, 0.1) is 0 Å². The fourth-order valence-electron chi connectivity index (χ4n) is 2.82. The van der Waals surface area contributed by atoms with Crippen molar-refractivity contribution in [1.82, 2.24) is 4.90 Å². The van der Waals surface area contributed by atoms with Gasteiger partial charge in [0.1, 0.15) is 6.10 Å². The van der Waals surface area contributed by atoms with Crippen molar-refractivity contribution in [2.45, 2.75) is 38.8 Å². The molecule has 2 rings (SSSR count). The Balaban J connectivity index is 2.11. The van der Waals surface area contributed by atoms with Crippen LogP contribution >= 0.6 is 0 Å². The Labute approximate surface area is 157 Å². The molecular formula is C23H29NO2. The van der Waals surface area contributed by atoms with Crippen LogP contribution in [0.3, 0.4) is 0 Å². The van der Waals surface area contributed by atoms with E-state index in [0.717, 1.165) is 30.5 Å². The summed E-state index contributed by atoms with van der Waals surface area (Å²) < 4.78 is 5.85. The van der Waals surface area contributed by atoms with Crippen LogP contribution in [0.4, 0.5) is 0 Å². The highest BCUT2D eigenvalue weighted by Gasteiger charge is 2.25. The largest absolute Gasteiger partial charge is 0.453 e. The molecule has 2 atom stereocenters. The first kappa shape index (κ1) is 19.9. The first-order valence-corrected chi connectivity index (χ1v) is 9.30. The lowest BCUT2D eigenvalue weighted by Gasteiger charge is -2.31. The van der Waals surface area contributed by atoms with Crippen molar-refractivity contribution in [2.24, 2.45) is 0 Å². The minimum atomic E-state index is -0.321. The monoisotopic (exact) mass is 351 g/mol.